The van der Waals surface area contributed by atoms with Crippen LogP contribution in [0.25, 0.3) is 0 Å². The Balaban J connectivity index is 2.62. The molecule has 0 N–H and O–H groups in total. The largest absolute Gasteiger partial charge is 0.426 e. The summed E-state index contributed by atoms with van der Waals surface area (Å²) in [6.45, 7) is 1.76. The second-order valence-electron chi connectivity index (χ2n) is 3.31. The van der Waals surface area contributed by atoms with Crippen LogP contribution in [0.5, 0.6) is 5.75 Å². The van der Waals surface area contributed by atoms with Crippen LogP contribution in [0.1, 0.15) is 19.8 Å². The molecule has 17 heavy (non-hydrogen) atoms. The van der Waals surface area contributed by atoms with Gasteiger partial charge >= 0.3 is 5.97 Å². The van der Waals surface area contributed by atoms with Gasteiger partial charge in [0.1, 0.15) is 5.75 Å². The van der Waals surface area contributed by atoms with Crippen molar-refractivity contribution < 1.29 is 9.53 Å². The monoisotopic (exact) mass is 336 g/mol. The molecule has 1 aromatic rings. The van der Waals surface area contributed by atoms with E-state index in [1.54, 1.807) is 30.8 Å². The van der Waals surface area contributed by atoms with Gasteiger partial charge in [0.25, 0.3) is 0 Å². The number of esters is 1. The lowest BCUT2D eigenvalue weighted by Gasteiger charge is -2.06. The van der Waals surface area contributed by atoms with Crippen molar-refractivity contribution in [3.05, 3.63) is 23.2 Å². The van der Waals surface area contributed by atoms with Crippen molar-refractivity contribution in [2.75, 3.05) is 11.1 Å². The standard InChI is InChI=1S/C12H14BrClO2S/c1-2-12(15)16-9-4-5-11(10(14)8-9)17-7-3-6-13/h4-5,8H,2-3,6-7H2,1H3. The molecule has 1 aromatic carbocycles. The van der Waals surface area contributed by atoms with Gasteiger partial charge < -0.3 is 4.74 Å². The minimum atomic E-state index is -0.249. The van der Waals surface area contributed by atoms with Crippen LogP contribution >= 0.6 is 39.3 Å². The lowest BCUT2D eigenvalue weighted by atomic mass is 10.3. The molecule has 0 aliphatic rings. The lowest BCUT2D eigenvalue weighted by Crippen LogP contribution is -2.05. The van der Waals surface area contributed by atoms with Gasteiger partial charge in [-0.1, -0.05) is 34.5 Å². The van der Waals surface area contributed by atoms with E-state index in [-0.39, 0.29) is 5.97 Å². The van der Waals surface area contributed by atoms with Gasteiger partial charge in [-0.25, -0.2) is 0 Å². The minimum absolute atomic E-state index is 0.249. The summed E-state index contributed by atoms with van der Waals surface area (Å²) in [5.74, 6) is 1.27. The topological polar surface area (TPSA) is 26.3 Å². The fraction of sp³-hybridized carbons (Fsp3) is 0.417. The molecule has 0 amide bonds. The molecule has 0 unspecified atom stereocenters. The molecular formula is C12H14BrClO2S. The summed E-state index contributed by atoms with van der Waals surface area (Å²) in [5.41, 5.74) is 0. The van der Waals surface area contributed by atoms with Crippen LogP contribution in [0, 0.1) is 0 Å². The van der Waals surface area contributed by atoms with Gasteiger partial charge in [0.05, 0.1) is 5.02 Å². The highest BCUT2D eigenvalue weighted by molar-refractivity contribution is 9.09. The van der Waals surface area contributed by atoms with E-state index in [1.165, 1.54) is 0 Å². The summed E-state index contributed by atoms with van der Waals surface area (Å²) in [6.07, 6.45) is 1.45. The Labute approximate surface area is 119 Å². The lowest BCUT2D eigenvalue weighted by molar-refractivity contribution is -0.134. The highest BCUT2D eigenvalue weighted by Crippen LogP contribution is 2.31. The first-order valence-corrected chi connectivity index (χ1v) is 7.85. The summed E-state index contributed by atoms with van der Waals surface area (Å²) < 4.78 is 5.08. The molecule has 0 aliphatic heterocycles. The van der Waals surface area contributed by atoms with Crippen LogP contribution in [0.3, 0.4) is 0 Å². The number of thioether (sulfide) groups is 1. The first-order chi connectivity index (χ1) is 8.17. The summed E-state index contributed by atoms with van der Waals surface area (Å²) in [5, 5.41) is 1.62. The molecule has 0 aromatic heterocycles. The number of halogens is 2. The average molecular weight is 338 g/mol. The molecule has 0 heterocycles. The first kappa shape index (κ1) is 14.9. The van der Waals surface area contributed by atoms with Crippen molar-refractivity contribution in [1.82, 2.24) is 0 Å². The third-order valence-corrected chi connectivity index (χ3v) is 4.10. The van der Waals surface area contributed by atoms with E-state index in [0.717, 1.165) is 22.4 Å². The first-order valence-electron chi connectivity index (χ1n) is 5.36. The highest BCUT2D eigenvalue weighted by atomic mass is 79.9. The van der Waals surface area contributed by atoms with Gasteiger partial charge in [0.2, 0.25) is 0 Å². The van der Waals surface area contributed by atoms with E-state index in [9.17, 15) is 4.79 Å². The van der Waals surface area contributed by atoms with Crippen molar-refractivity contribution in [3.8, 4) is 5.75 Å². The second-order valence-corrected chi connectivity index (χ2v) is 5.65. The van der Waals surface area contributed by atoms with Crippen LogP contribution < -0.4 is 4.74 Å². The number of carbonyl (C=O) groups excluding carboxylic acids is 1. The molecule has 0 atom stereocenters. The predicted octanol–water partition coefficient (Wildman–Crippen LogP) is 4.53. The second kappa shape index (κ2) is 8.01. The molecule has 0 spiro atoms. The van der Waals surface area contributed by atoms with Crippen LogP contribution in [0.4, 0.5) is 0 Å². The predicted molar refractivity (Wildman–Crippen MR) is 76.5 cm³/mol. The smallest absolute Gasteiger partial charge is 0.310 e. The number of hydrogen-bond donors (Lipinski definition) is 0. The van der Waals surface area contributed by atoms with E-state index in [2.05, 4.69) is 15.9 Å². The van der Waals surface area contributed by atoms with Crippen molar-refractivity contribution in [2.45, 2.75) is 24.7 Å². The Morgan fingerprint density at radius 3 is 2.88 bits per heavy atom. The van der Waals surface area contributed by atoms with Crippen molar-refractivity contribution in [2.24, 2.45) is 0 Å². The molecule has 94 valence electrons. The Kier molecular flexibility index (Phi) is 7.00. The Morgan fingerprint density at radius 2 is 2.29 bits per heavy atom. The molecule has 0 saturated carbocycles. The highest BCUT2D eigenvalue weighted by Gasteiger charge is 2.06. The zero-order chi connectivity index (χ0) is 12.7. The summed E-state index contributed by atoms with van der Waals surface area (Å²) in [7, 11) is 0. The maximum absolute atomic E-state index is 11.1. The zero-order valence-electron chi connectivity index (χ0n) is 9.54. The SMILES string of the molecule is CCC(=O)Oc1ccc(SCCCBr)c(Cl)c1. The fourth-order valence-electron chi connectivity index (χ4n) is 1.10. The summed E-state index contributed by atoms with van der Waals surface area (Å²) >= 11 is 11.2. The van der Waals surface area contributed by atoms with Gasteiger partial charge in [-0.2, -0.15) is 0 Å². The van der Waals surface area contributed by atoms with Crippen LogP contribution in [0.2, 0.25) is 5.02 Å². The van der Waals surface area contributed by atoms with Gasteiger partial charge in [0.15, 0.2) is 0 Å². The number of alkyl halides is 1. The number of hydrogen-bond acceptors (Lipinski definition) is 3. The van der Waals surface area contributed by atoms with E-state index >= 15 is 0 Å². The maximum Gasteiger partial charge on any atom is 0.310 e. The van der Waals surface area contributed by atoms with Crippen molar-refractivity contribution in [3.63, 3.8) is 0 Å². The number of benzene rings is 1. The van der Waals surface area contributed by atoms with Gasteiger partial charge in [-0.15, -0.1) is 11.8 Å². The molecule has 0 bridgehead atoms. The summed E-state index contributed by atoms with van der Waals surface area (Å²) in [6, 6.07) is 5.35. The Bertz CT molecular complexity index is 385. The molecule has 2 nitrogen and oxygen atoms in total. The van der Waals surface area contributed by atoms with Crippen LogP contribution in [-0.4, -0.2) is 17.1 Å². The number of ether oxygens (including phenoxy) is 1. The van der Waals surface area contributed by atoms with Gasteiger partial charge in [-0.3, -0.25) is 4.79 Å². The van der Waals surface area contributed by atoms with Gasteiger partial charge in [-0.05, 0) is 24.3 Å². The van der Waals surface area contributed by atoms with Crippen molar-refractivity contribution >= 4 is 45.3 Å². The molecule has 0 saturated heterocycles. The Hall–Kier alpha value is -0.190. The Morgan fingerprint density at radius 1 is 1.53 bits per heavy atom. The van der Waals surface area contributed by atoms with Gasteiger partial charge in [0, 0.05) is 22.7 Å². The fourth-order valence-corrected chi connectivity index (χ4v) is 2.96. The van der Waals surface area contributed by atoms with E-state index < -0.39 is 0 Å². The van der Waals surface area contributed by atoms with E-state index in [0.29, 0.717) is 17.2 Å². The molecule has 0 radical (unpaired) electrons. The molecular weight excluding hydrogens is 324 g/mol. The van der Waals surface area contributed by atoms with Crippen LogP contribution in [-0.2, 0) is 4.79 Å². The van der Waals surface area contributed by atoms with E-state index in [4.69, 9.17) is 16.3 Å². The number of carbonyl (C=O) groups is 1. The van der Waals surface area contributed by atoms with Crippen molar-refractivity contribution in [1.29, 1.82) is 0 Å². The van der Waals surface area contributed by atoms with Crippen LogP contribution in [0.15, 0.2) is 23.1 Å². The average Bonchev–Trinajstić information content (AvgIpc) is 2.32. The molecule has 5 heteroatoms. The normalized spacial score (nSPS) is 10.3. The minimum Gasteiger partial charge on any atom is -0.426 e. The third kappa shape index (κ3) is 5.32. The maximum atomic E-state index is 11.1. The molecule has 0 fully saturated rings. The molecule has 1 rings (SSSR count). The quantitative estimate of drug-likeness (QED) is 0.251. The van der Waals surface area contributed by atoms with E-state index in [1.807, 2.05) is 6.07 Å². The zero-order valence-corrected chi connectivity index (χ0v) is 12.7. The summed E-state index contributed by atoms with van der Waals surface area (Å²) in [4.78, 5) is 12.1. The third-order valence-electron chi connectivity index (χ3n) is 1.96. The number of rotatable bonds is 6. The molecule has 0 aliphatic carbocycles.